The van der Waals surface area contributed by atoms with Gasteiger partial charge in [0.1, 0.15) is 0 Å². The fourth-order valence-electron chi connectivity index (χ4n) is 2.09. The van der Waals surface area contributed by atoms with E-state index in [0.717, 1.165) is 22.4 Å². The highest BCUT2D eigenvalue weighted by atomic mass is 15.4. The van der Waals surface area contributed by atoms with E-state index < -0.39 is 0 Å². The van der Waals surface area contributed by atoms with Gasteiger partial charge in [0.2, 0.25) is 0 Å². The van der Waals surface area contributed by atoms with Crippen LogP contribution in [0.3, 0.4) is 0 Å². The molecule has 4 aromatic heterocycles. The fourth-order valence-corrected chi connectivity index (χ4v) is 2.09. The molecule has 18 heavy (non-hydrogen) atoms. The predicted molar refractivity (Wildman–Crippen MR) is 65.0 cm³/mol. The first-order valence-electron chi connectivity index (χ1n) is 5.53. The molecule has 0 aliphatic carbocycles. The molecule has 0 amide bonds. The Hall–Kier alpha value is -2.76. The van der Waals surface area contributed by atoms with Gasteiger partial charge in [0, 0.05) is 0 Å². The average Bonchev–Trinajstić information content (AvgIpc) is 3.06. The minimum absolute atomic E-state index is 0.932. The van der Waals surface area contributed by atoms with E-state index in [0.29, 0.717) is 0 Å². The number of aromatic nitrogens is 6. The quantitative estimate of drug-likeness (QED) is 0.501. The maximum atomic E-state index is 4.09. The highest BCUT2D eigenvalue weighted by Crippen LogP contribution is 2.20. The van der Waals surface area contributed by atoms with Crippen molar-refractivity contribution in [3.8, 4) is 11.4 Å². The lowest BCUT2D eigenvalue weighted by Gasteiger charge is -2.05. The molecule has 0 radical (unpaired) electrons. The van der Waals surface area contributed by atoms with Crippen LogP contribution in [-0.2, 0) is 0 Å². The lowest BCUT2D eigenvalue weighted by Crippen LogP contribution is -2.00. The van der Waals surface area contributed by atoms with Crippen molar-refractivity contribution in [3.05, 3.63) is 48.8 Å². The number of nitrogens with zero attached hydrogens (tertiary/aromatic N) is 6. The first-order valence-corrected chi connectivity index (χ1v) is 5.53. The van der Waals surface area contributed by atoms with E-state index in [1.165, 1.54) is 0 Å². The van der Waals surface area contributed by atoms with Crippen LogP contribution in [0.15, 0.2) is 48.8 Å². The Morgan fingerprint density at radius 2 is 1.17 bits per heavy atom. The van der Waals surface area contributed by atoms with Crippen molar-refractivity contribution in [2.24, 2.45) is 0 Å². The van der Waals surface area contributed by atoms with Gasteiger partial charge in [-0.15, -0.1) is 10.2 Å². The molecule has 0 saturated carbocycles. The number of rotatable bonds is 1. The van der Waals surface area contributed by atoms with Gasteiger partial charge in [0.05, 0.1) is 34.8 Å². The van der Waals surface area contributed by atoms with Gasteiger partial charge in [0.25, 0.3) is 0 Å². The molecule has 0 unspecified atom stereocenters. The van der Waals surface area contributed by atoms with Crippen LogP contribution in [0.1, 0.15) is 0 Å². The van der Waals surface area contributed by atoms with Crippen LogP contribution >= 0.6 is 0 Å². The van der Waals surface area contributed by atoms with Crippen molar-refractivity contribution in [1.29, 1.82) is 0 Å². The van der Waals surface area contributed by atoms with E-state index in [9.17, 15) is 0 Å². The summed E-state index contributed by atoms with van der Waals surface area (Å²) in [5.41, 5.74) is 3.76. The molecule has 0 aromatic carbocycles. The molecule has 0 fully saturated rings. The van der Waals surface area contributed by atoms with Gasteiger partial charge in [-0.25, -0.2) is 9.03 Å². The maximum absolute atomic E-state index is 4.09. The molecular formula is C12H8N6. The molecular weight excluding hydrogens is 228 g/mol. The van der Waals surface area contributed by atoms with Gasteiger partial charge in [-0.3, -0.25) is 0 Å². The molecule has 6 nitrogen and oxygen atoms in total. The van der Waals surface area contributed by atoms with Crippen molar-refractivity contribution in [2.75, 3.05) is 0 Å². The van der Waals surface area contributed by atoms with Crippen LogP contribution in [0.2, 0.25) is 0 Å². The molecule has 0 spiro atoms. The number of hydrogen-bond acceptors (Lipinski definition) is 4. The van der Waals surface area contributed by atoms with Gasteiger partial charge >= 0.3 is 0 Å². The Balaban J connectivity index is 2.13. The third-order valence-electron chi connectivity index (χ3n) is 2.91. The SMILES string of the molecule is c1cc(-c2cccc3cnnn23)n2nncc2c1. The van der Waals surface area contributed by atoms with E-state index in [1.54, 1.807) is 21.4 Å². The molecule has 0 aliphatic rings. The van der Waals surface area contributed by atoms with Gasteiger partial charge in [-0.2, -0.15) is 0 Å². The summed E-state index contributed by atoms with van der Waals surface area (Å²) in [6, 6.07) is 11.8. The largest absolute Gasteiger partial charge is 0.211 e. The van der Waals surface area contributed by atoms with Crippen molar-refractivity contribution in [1.82, 2.24) is 29.7 Å². The molecule has 0 atom stereocenters. The van der Waals surface area contributed by atoms with Crippen LogP contribution in [-0.4, -0.2) is 29.7 Å². The lowest BCUT2D eigenvalue weighted by atomic mass is 10.2. The second-order valence-corrected chi connectivity index (χ2v) is 3.96. The van der Waals surface area contributed by atoms with Crippen LogP contribution in [0.4, 0.5) is 0 Å². The lowest BCUT2D eigenvalue weighted by molar-refractivity contribution is 0.828. The molecule has 0 saturated heterocycles. The first-order chi connectivity index (χ1) is 8.93. The fraction of sp³-hybridized carbons (Fsp3) is 0. The Bertz CT molecular complexity index is 772. The summed E-state index contributed by atoms with van der Waals surface area (Å²) in [4.78, 5) is 0. The van der Waals surface area contributed by atoms with Crippen molar-refractivity contribution < 1.29 is 0 Å². The molecule has 0 aliphatic heterocycles. The molecule has 4 aromatic rings. The summed E-state index contributed by atoms with van der Waals surface area (Å²) in [5.74, 6) is 0. The average molecular weight is 236 g/mol. The van der Waals surface area contributed by atoms with E-state index >= 15 is 0 Å². The second kappa shape index (κ2) is 3.36. The predicted octanol–water partition coefficient (Wildman–Crippen LogP) is 1.44. The smallest absolute Gasteiger partial charge is 0.0928 e. The number of hydrogen-bond donors (Lipinski definition) is 0. The standard InChI is InChI=1S/C12H8N6/c1-3-9-7-13-15-17(9)11(5-1)12-6-2-4-10-8-14-16-18(10)12/h1-8H. The van der Waals surface area contributed by atoms with Gasteiger partial charge < -0.3 is 0 Å². The maximum Gasteiger partial charge on any atom is 0.0928 e. The zero-order chi connectivity index (χ0) is 11.9. The third kappa shape index (κ3) is 1.17. The van der Waals surface area contributed by atoms with Gasteiger partial charge in [0.15, 0.2) is 0 Å². The zero-order valence-corrected chi connectivity index (χ0v) is 9.30. The topological polar surface area (TPSA) is 60.4 Å². The Labute approximate surface area is 101 Å². The van der Waals surface area contributed by atoms with Crippen LogP contribution in [0.25, 0.3) is 22.4 Å². The zero-order valence-electron chi connectivity index (χ0n) is 9.30. The summed E-state index contributed by atoms with van der Waals surface area (Å²) < 4.78 is 3.58. The molecule has 4 rings (SSSR count). The summed E-state index contributed by atoms with van der Waals surface area (Å²) in [6.45, 7) is 0. The van der Waals surface area contributed by atoms with E-state index in [-0.39, 0.29) is 0 Å². The Morgan fingerprint density at radius 3 is 1.67 bits per heavy atom. The van der Waals surface area contributed by atoms with Gasteiger partial charge in [-0.05, 0) is 24.3 Å². The first kappa shape index (κ1) is 9.29. The third-order valence-corrected chi connectivity index (χ3v) is 2.91. The number of pyridine rings is 2. The van der Waals surface area contributed by atoms with Crippen molar-refractivity contribution >= 4 is 11.0 Å². The Kier molecular flexibility index (Phi) is 1.74. The van der Waals surface area contributed by atoms with E-state index in [4.69, 9.17) is 0 Å². The van der Waals surface area contributed by atoms with E-state index in [1.807, 2.05) is 36.4 Å². The minimum atomic E-state index is 0.932. The van der Waals surface area contributed by atoms with Crippen LogP contribution in [0, 0.1) is 0 Å². The second-order valence-electron chi connectivity index (χ2n) is 3.96. The summed E-state index contributed by atoms with van der Waals surface area (Å²) in [7, 11) is 0. The van der Waals surface area contributed by atoms with Crippen molar-refractivity contribution in [2.45, 2.75) is 0 Å². The highest BCUT2D eigenvalue weighted by molar-refractivity contribution is 5.64. The molecule has 0 N–H and O–H groups in total. The molecule has 86 valence electrons. The molecule has 6 heteroatoms. The summed E-state index contributed by atoms with van der Waals surface area (Å²) in [6.07, 6.45) is 3.45. The van der Waals surface area contributed by atoms with Crippen molar-refractivity contribution in [3.63, 3.8) is 0 Å². The monoisotopic (exact) mass is 236 g/mol. The summed E-state index contributed by atoms with van der Waals surface area (Å²) >= 11 is 0. The van der Waals surface area contributed by atoms with Crippen LogP contribution in [0.5, 0.6) is 0 Å². The Morgan fingerprint density at radius 1 is 0.667 bits per heavy atom. The minimum Gasteiger partial charge on any atom is -0.211 e. The molecule has 0 bridgehead atoms. The highest BCUT2D eigenvalue weighted by Gasteiger charge is 2.09. The summed E-state index contributed by atoms with van der Waals surface area (Å²) in [5, 5.41) is 16.0. The van der Waals surface area contributed by atoms with Gasteiger partial charge in [-0.1, -0.05) is 22.6 Å². The normalized spacial score (nSPS) is 11.3. The molecule has 4 heterocycles. The van der Waals surface area contributed by atoms with E-state index in [2.05, 4.69) is 20.6 Å². The number of fused-ring (bicyclic) bond motifs is 2. The van der Waals surface area contributed by atoms with Crippen LogP contribution < -0.4 is 0 Å².